The van der Waals surface area contributed by atoms with Crippen LogP contribution in [0.1, 0.15) is 0 Å². The lowest BCUT2D eigenvalue weighted by Crippen LogP contribution is -2.41. The highest BCUT2D eigenvalue weighted by Crippen LogP contribution is 2.35. The zero-order valence-electron chi connectivity index (χ0n) is 13.2. The molecule has 0 unspecified atom stereocenters. The number of nitrogens with zero attached hydrogens (tertiary/aromatic N) is 1. The molecule has 1 aromatic carbocycles. The van der Waals surface area contributed by atoms with Gasteiger partial charge in [0.2, 0.25) is 10.0 Å². The normalized spacial score (nSPS) is 16.3. The van der Waals surface area contributed by atoms with Gasteiger partial charge in [-0.25, -0.2) is 13.1 Å². The summed E-state index contributed by atoms with van der Waals surface area (Å²) in [6.07, 6.45) is 0. The van der Waals surface area contributed by atoms with Crippen molar-refractivity contribution in [3.05, 3.63) is 16.6 Å². The first-order chi connectivity index (χ1) is 11.0. The van der Waals surface area contributed by atoms with Gasteiger partial charge < -0.3 is 14.2 Å². The van der Waals surface area contributed by atoms with Crippen LogP contribution >= 0.6 is 15.9 Å². The van der Waals surface area contributed by atoms with E-state index >= 15 is 0 Å². The zero-order valence-corrected chi connectivity index (χ0v) is 15.6. The van der Waals surface area contributed by atoms with Crippen LogP contribution < -0.4 is 14.2 Å². The maximum atomic E-state index is 12.5. The van der Waals surface area contributed by atoms with Gasteiger partial charge in [0.1, 0.15) is 16.4 Å². The van der Waals surface area contributed by atoms with Crippen molar-refractivity contribution in [2.45, 2.75) is 4.90 Å². The zero-order chi connectivity index (χ0) is 16.9. The highest BCUT2D eigenvalue weighted by Gasteiger charge is 2.22. The monoisotopic (exact) mass is 408 g/mol. The van der Waals surface area contributed by atoms with Crippen LogP contribution in [0, 0.1) is 0 Å². The Labute approximate surface area is 145 Å². The van der Waals surface area contributed by atoms with Gasteiger partial charge in [-0.15, -0.1) is 0 Å². The molecular formula is C14H21BrN2O5S. The first kappa shape index (κ1) is 18.5. The molecule has 2 rings (SSSR count). The van der Waals surface area contributed by atoms with E-state index in [1.165, 1.54) is 20.3 Å². The molecule has 0 aliphatic carbocycles. The third-order valence-corrected chi connectivity index (χ3v) is 5.65. The molecule has 130 valence electrons. The molecule has 1 aromatic rings. The minimum atomic E-state index is -3.69. The second-order valence-corrected chi connectivity index (χ2v) is 7.58. The van der Waals surface area contributed by atoms with Crippen LogP contribution in [0.2, 0.25) is 0 Å². The summed E-state index contributed by atoms with van der Waals surface area (Å²) in [5, 5.41) is 0. The quantitative estimate of drug-likeness (QED) is 0.727. The van der Waals surface area contributed by atoms with E-state index in [-0.39, 0.29) is 10.6 Å². The molecule has 1 fully saturated rings. The maximum Gasteiger partial charge on any atom is 0.244 e. The lowest BCUT2D eigenvalue weighted by atomic mass is 10.3. The highest BCUT2D eigenvalue weighted by atomic mass is 79.9. The van der Waals surface area contributed by atoms with E-state index < -0.39 is 10.0 Å². The molecule has 0 radical (unpaired) electrons. The Morgan fingerprint density at radius 3 is 2.48 bits per heavy atom. The van der Waals surface area contributed by atoms with E-state index in [0.717, 1.165) is 13.1 Å². The number of ether oxygens (including phenoxy) is 3. The largest absolute Gasteiger partial charge is 0.496 e. The molecular weight excluding hydrogens is 388 g/mol. The van der Waals surface area contributed by atoms with Crippen LogP contribution in [0.3, 0.4) is 0 Å². The van der Waals surface area contributed by atoms with Gasteiger partial charge >= 0.3 is 0 Å². The standard InChI is InChI=1S/C14H21BrN2O5S/c1-20-12-10-14(13(21-2)9-11(12)15)23(18,19)16-3-4-17-5-7-22-8-6-17/h9-10,16H,3-8H2,1-2H3. The Balaban J connectivity index is 2.08. The van der Waals surface area contributed by atoms with Crippen molar-refractivity contribution in [1.82, 2.24) is 9.62 Å². The fourth-order valence-electron chi connectivity index (χ4n) is 2.28. The fraction of sp³-hybridized carbons (Fsp3) is 0.571. The molecule has 0 amide bonds. The SMILES string of the molecule is COc1cc(S(=O)(=O)NCCN2CCOCC2)c(OC)cc1Br. The number of halogens is 1. The molecule has 23 heavy (non-hydrogen) atoms. The number of nitrogens with one attached hydrogen (secondary N) is 1. The van der Waals surface area contributed by atoms with Gasteiger partial charge in [0, 0.05) is 32.2 Å². The van der Waals surface area contributed by atoms with Crippen LogP contribution in [0.15, 0.2) is 21.5 Å². The second kappa shape index (κ2) is 8.29. The maximum absolute atomic E-state index is 12.5. The molecule has 1 heterocycles. The summed E-state index contributed by atoms with van der Waals surface area (Å²) in [6.45, 7) is 3.96. The number of benzene rings is 1. The molecule has 1 aliphatic rings. The number of hydrogen-bond acceptors (Lipinski definition) is 6. The number of rotatable bonds is 7. The van der Waals surface area contributed by atoms with E-state index in [1.54, 1.807) is 6.07 Å². The fourth-order valence-corrected chi connectivity index (χ4v) is 3.95. The molecule has 0 aromatic heterocycles. The molecule has 0 spiro atoms. The number of morpholine rings is 1. The van der Waals surface area contributed by atoms with Crippen molar-refractivity contribution in [2.24, 2.45) is 0 Å². The van der Waals surface area contributed by atoms with Gasteiger partial charge in [0.15, 0.2) is 0 Å². The van der Waals surface area contributed by atoms with Gasteiger partial charge in [-0.1, -0.05) is 0 Å². The van der Waals surface area contributed by atoms with Crippen LogP contribution in [0.5, 0.6) is 11.5 Å². The summed E-state index contributed by atoms with van der Waals surface area (Å²) < 4.78 is 43.9. The van der Waals surface area contributed by atoms with Crippen molar-refractivity contribution in [3.8, 4) is 11.5 Å². The van der Waals surface area contributed by atoms with Crippen molar-refractivity contribution in [1.29, 1.82) is 0 Å². The smallest absolute Gasteiger partial charge is 0.244 e. The summed E-state index contributed by atoms with van der Waals surface area (Å²) in [7, 11) is -0.774. The summed E-state index contributed by atoms with van der Waals surface area (Å²) in [5.41, 5.74) is 0. The van der Waals surface area contributed by atoms with E-state index in [1.807, 2.05) is 0 Å². The average molecular weight is 409 g/mol. The van der Waals surface area contributed by atoms with E-state index in [0.29, 0.717) is 36.5 Å². The molecule has 1 aliphatic heterocycles. The Kier molecular flexibility index (Phi) is 6.66. The van der Waals surface area contributed by atoms with Crippen molar-refractivity contribution in [3.63, 3.8) is 0 Å². The Bertz CT molecular complexity index is 632. The molecule has 1 saturated heterocycles. The molecule has 1 N–H and O–H groups in total. The van der Waals surface area contributed by atoms with Crippen LogP contribution in [0.25, 0.3) is 0 Å². The molecule has 0 atom stereocenters. The average Bonchev–Trinajstić information content (AvgIpc) is 2.55. The van der Waals surface area contributed by atoms with Crippen molar-refractivity contribution < 1.29 is 22.6 Å². The summed E-state index contributed by atoms with van der Waals surface area (Å²) >= 11 is 3.32. The summed E-state index contributed by atoms with van der Waals surface area (Å²) in [6, 6.07) is 3.02. The lowest BCUT2D eigenvalue weighted by molar-refractivity contribution is 0.0390. The van der Waals surface area contributed by atoms with E-state index in [9.17, 15) is 8.42 Å². The van der Waals surface area contributed by atoms with Crippen molar-refractivity contribution in [2.75, 3.05) is 53.6 Å². The molecule has 0 bridgehead atoms. The van der Waals surface area contributed by atoms with Gasteiger partial charge in [-0.2, -0.15) is 0 Å². The number of methoxy groups -OCH3 is 2. The third kappa shape index (κ3) is 4.80. The second-order valence-electron chi connectivity index (χ2n) is 4.99. The summed E-state index contributed by atoms with van der Waals surface area (Å²) in [4.78, 5) is 2.22. The third-order valence-electron chi connectivity index (χ3n) is 3.55. The van der Waals surface area contributed by atoms with Crippen LogP contribution in [-0.2, 0) is 14.8 Å². The number of sulfonamides is 1. The first-order valence-corrected chi connectivity index (χ1v) is 9.47. The Morgan fingerprint density at radius 1 is 1.22 bits per heavy atom. The topological polar surface area (TPSA) is 77.1 Å². The van der Waals surface area contributed by atoms with E-state index in [2.05, 4.69) is 25.6 Å². The molecule has 0 saturated carbocycles. The minimum Gasteiger partial charge on any atom is -0.496 e. The van der Waals surface area contributed by atoms with E-state index in [4.69, 9.17) is 14.2 Å². The van der Waals surface area contributed by atoms with Gasteiger partial charge in [-0.05, 0) is 22.0 Å². The first-order valence-electron chi connectivity index (χ1n) is 7.19. The highest BCUT2D eigenvalue weighted by molar-refractivity contribution is 9.10. The van der Waals surface area contributed by atoms with Gasteiger partial charge in [0.05, 0.1) is 31.9 Å². The summed E-state index contributed by atoms with van der Waals surface area (Å²) in [5.74, 6) is 0.691. The van der Waals surface area contributed by atoms with Crippen LogP contribution in [-0.4, -0.2) is 66.9 Å². The predicted molar refractivity (Wildman–Crippen MR) is 89.7 cm³/mol. The van der Waals surface area contributed by atoms with Gasteiger partial charge in [-0.3, -0.25) is 4.90 Å². The molecule has 9 heteroatoms. The predicted octanol–water partition coefficient (Wildman–Crippen LogP) is 1.08. The van der Waals surface area contributed by atoms with Crippen LogP contribution in [0.4, 0.5) is 0 Å². The number of hydrogen-bond donors (Lipinski definition) is 1. The van der Waals surface area contributed by atoms with Gasteiger partial charge in [0.25, 0.3) is 0 Å². The van der Waals surface area contributed by atoms with Crippen molar-refractivity contribution >= 4 is 26.0 Å². The minimum absolute atomic E-state index is 0.0574. The Morgan fingerprint density at radius 2 is 1.87 bits per heavy atom. The Hall–Kier alpha value is -0.870. The molecule has 7 nitrogen and oxygen atoms in total. The lowest BCUT2D eigenvalue weighted by Gasteiger charge is -2.26.